The fourth-order valence-corrected chi connectivity index (χ4v) is 2.29. The molecule has 1 aliphatic heterocycles. The molecule has 1 aliphatic rings. The molecule has 20 heavy (non-hydrogen) atoms. The maximum atomic E-state index is 12.2. The van der Waals surface area contributed by atoms with Crippen molar-refractivity contribution in [1.29, 1.82) is 0 Å². The molecule has 1 heterocycles. The van der Waals surface area contributed by atoms with Gasteiger partial charge in [-0.15, -0.1) is 0 Å². The summed E-state index contributed by atoms with van der Waals surface area (Å²) in [6, 6.07) is 9.42. The molecule has 2 N–H and O–H groups in total. The Balaban J connectivity index is 2.01. The lowest BCUT2D eigenvalue weighted by atomic mass is 10.0. The van der Waals surface area contributed by atoms with E-state index in [1.54, 1.807) is 0 Å². The summed E-state index contributed by atoms with van der Waals surface area (Å²) in [5, 5.41) is 0. The van der Waals surface area contributed by atoms with Crippen LogP contribution in [0.1, 0.15) is 5.56 Å². The summed E-state index contributed by atoms with van der Waals surface area (Å²) >= 11 is 0. The Labute approximate surface area is 117 Å². The van der Waals surface area contributed by atoms with Crippen molar-refractivity contribution in [2.24, 2.45) is 11.7 Å². The molecule has 1 aromatic rings. The number of nitrogens with two attached hydrogens (primary N) is 1. The number of esters is 1. The second-order valence-electron chi connectivity index (χ2n) is 4.53. The lowest BCUT2D eigenvalue weighted by Crippen LogP contribution is -2.54. The number of hydrogen-bond acceptors (Lipinski definition) is 6. The van der Waals surface area contributed by atoms with Gasteiger partial charge in [-0.3, -0.25) is 4.79 Å². The molecule has 0 saturated carbocycles. The van der Waals surface area contributed by atoms with Crippen molar-refractivity contribution in [2.75, 3.05) is 20.8 Å². The van der Waals surface area contributed by atoms with Crippen molar-refractivity contribution in [3.63, 3.8) is 0 Å². The molecule has 0 amide bonds. The van der Waals surface area contributed by atoms with Crippen LogP contribution in [0.5, 0.6) is 0 Å². The van der Waals surface area contributed by atoms with Crippen molar-refractivity contribution >= 4 is 5.97 Å². The van der Waals surface area contributed by atoms with Crippen LogP contribution in [-0.2, 0) is 30.3 Å². The highest BCUT2D eigenvalue weighted by Gasteiger charge is 2.56. The van der Waals surface area contributed by atoms with E-state index in [1.165, 1.54) is 14.2 Å². The molecule has 2 unspecified atom stereocenters. The smallest absolute Gasteiger partial charge is 0.317 e. The van der Waals surface area contributed by atoms with Crippen LogP contribution in [0.25, 0.3) is 0 Å². The molecule has 0 aliphatic carbocycles. The lowest BCUT2D eigenvalue weighted by molar-refractivity contribution is -0.251. The molecule has 1 aromatic carbocycles. The molecule has 1 saturated heterocycles. The Kier molecular flexibility index (Phi) is 4.72. The molecule has 6 nitrogen and oxygen atoms in total. The van der Waals surface area contributed by atoms with Gasteiger partial charge in [0.05, 0.1) is 6.61 Å². The first-order valence-corrected chi connectivity index (χ1v) is 6.32. The second kappa shape index (κ2) is 6.32. The normalized spacial score (nSPS) is 24.6. The third kappa shape index (κ3) is 2.69. The van der Waals surface area contributed by atoms with E-state index in [2.05, 4.69) is 0 Å². The van der Waals surface area contributed by atoms with E-state index in [0.29, 0.717) is 0 Å². The second-order valence-corrected chi connectivity index (χ2v) is 4.53. The predicted octanol–water partition coefficient (Wildman–Crippen LogP) is 0.650. The largest absolute Gasteiger partial charge is 0.460 e. The Bertz CT molecular complexity index is 446. The molecule has 1 fully saturated rings. The Hall–Kier alpha value is -1.47. The summed E-state index contributed by atoms with van der Waals surface area (Å²) in [5.41, 5.74) is 6.70. The monoisotopic (exact) mass is 281 g/mol. The van der Waals surface area contributed by atoms with E-state index in [4.69, 9.17) is 24.7 Å². The minimum absolute atomic E-state index is 0.108. The zero-order valence-electron chi connectivity index (χ0n) is 11.6. The van der Waals surface area contributed by atoms with Crippen LogP contribution < -0.4 is 5.73 Å². The van der Waals surface area contributed by atoms with Gasteiger partial charge < -0.3 is 24.7 Å². The van der Waals surface area contributed by atoms with Crippen molar-refractivity contribution in [2.45, 2.75) is 18.6 Å². The summed E-state index contributed by atoms with van der Waals surface area (Å²) in [4.78, 5) is 12.2. The lowest BCUT2D eigenvalue weighted by Gasteiger charge is -2.32. The molecule has 2 atom stereocenters. The molecule has 110 valence electrons. The van der Waals surface area contributed by atoms with Crippen LogP contribution in [-0.4, -0.2) is 38.8 Å². The van der Waals surface area contributed by atoms with E-state index < -0.39 is 23.9 Å². The highest BCUT2D eigenvalue weighted by atomic mass is 16.7. The van der Waals surface area contributed by atoms with Gasteiger partial charge in [0.15, 0.2) is 6.23 Å². The molecule has 0 aromatic heterocycles. The van der Waals surface area contributed by atoms with Crippen LogP contribution >= 0.6 is 0 Å². The minimum atomic E-state index is -1.30. The number of benzene rings is 1. The average molecular weight is 281 g/mol. The van der Waals surface area contributed by atoms with Crippen LogP contribution in [0.4, 0.5) is 0 Å². The highest BCUT2D eigenvalue weighted by Crippen LogP contribution is 2.34. The maximum Gasteiger partial charge on any atom is 0.317 e. The zero-order chi connectivity index (χ0) is 14.6. The Morgan fingerprint density at radius 3 is 2.60 bits per heavy atom. The molecule has 2 rings (SSSR count). The summed E-state index contributed by atoms with van der Waals surface area (Å²) in [5.74, 6) is -2.46. The fraction of sp³-hybridized carbons (Fsp3) is 0.500. The van der Waals surface area contributed by atoms with Crippen molar-refractivity contribution in [3.8, 4) is 0 Å². The average Bonchev–Trinajstić information content (AvgIpc) is 2.83. The molecular weight excluding hydrogens is 262 g/mol. The highest BCUT2D eigenvalue weighted by molar-refractivity contribution is 5.74. The summed E-state index contributed by atoms with van der Waals surface area (Å²) < 4.78 is 21.1. The van der Waals surface area contributed by atoms with Gasteiger partial charge in [-0.05, 0) is 5.56 Å². The molecular formula is C14H19NO5. The third-order valence-electron chi connectivity index (χ3n) is 3.47. The molecule has 0 bridgehead atoms. The van der Waals surface area contributed by atoms with Gasteiger partial charge in [0.25, 0.3) is 0 Å². The van der Waals surface area contributed by atoms with Crippen molar-refractivity contribution < 1.29 is 23.7 Å². The zero-order valence-corrected chi connectivity index (χ0v) is 11.6. The van der Waals surface area contributed by atoms with Crippen molar-refractivity contribution in [1.82, 2.24) is 0 Å². The quantitative estimate of drug-likeness (QED) is 0.630. The fourth-order valence-electron chi connectivity index (χ4n) is 2.29. The summed E-state index contributed by atoms with van der Waals surface area (Å²) in [6.07, 6.45) is -0.827. The number of rotatable bonds is 5. The van der Waals surface area contributed by atoms with Crippen LogP contribution in [0.15, 0.2) is 30.3 Å². The van der Waals surface area contributed by atoms with Gasteiger partial charge in [-0.1, -0.05) is 30.3 Å². The summed E-state index contributed by atoms with van der Waals surface area (Å²) in [6.45, 7) is 0.297. The molecule has 0 spiro atoms. The van der Waals surface area contributed by atoms with Crippen LogP contribution in [0.2, 0.25) is 0 Å². The van der Waals surface area contributed by atoms with Gasteiger partial charge in [0, 0.05) is 14.2 Å². The van der Waals surface area contributed by atoms with Crippen LogP contribution in [0.3, 0.4) is 0 Å². The molecule has 6 heteroatoms. The first-order chi connectivity index (χ1) is 9.64. The summed E-state index contributed by atoms with van der Waals surface area (Å²) in [7, 11) is 2.85. The first-order valence-electron chi connectivity index (χ1n) is 6.32. The number of ether oxygens (including phenoxy) is 4. The topological polar surface area (TPSA) is 80.0 Å². The number of carbonyl (C=O) groups excluding carboxylic acids is 1. The standard InChI is InChI=1S/C14H19NO5/c1-17-14(18-2)11(9-20-13(14)15)12(16)19-8-10-6-4-3-5-7-10/h3-7,11,13H,8-9,15H2,1-2H3. The third-order valence-corrected chi connectivity index (χ3v) is 3.47. The van der Waals surface area contributed by atoms with E-state index in [1.807, 2.05) is 30.3 Å². The maximum absolute atomic E-state index is 12.2. The van der Waals surface area contributed by atoms with E-state index in [9.17, 15) is 4.79 Å². The number of methoxy groups -OCH3 is 2. The van der Waals surface area contributed by atoms with Crippen LogP contribution in [0, 0.1) is 5.92 Å². The van der Waals surface area contributed by atoms with E-state index >= 15 is 0 Å². The first kappa shape index (κ1) is 14.9. The van der Waals surface area contributed by atoms with Gasteiger partial charge in [0.2, 0.25) is 5.79 Å². The predicted molar refractivity (Wildman–Crippen MR) is 70.4 cm³/mol. The number of hydrogen-bond donors (Lipinski definition) is 1. The Morgan fingerprint density at radius 2 is 2.00 bits per heavy atom. The van der Waals surface area contributed by atoms with Gasteiger partial charge in [-0.2, -0.15) is 0 Å². The van der Waals surface area contributed by atoms with Gasteiger partial charge >= 0.3 is 5.97 Å². The van der Waals surface area contributed by atoms with Gasteiger partial charge in [0.1, 0.15) is 12.5 Å². The number of carbonyl (C=O) groups is 1. The van der Waals surface area contributed by atoms with Crippen molar-refractivity contribution in [3.05, 3.63) is 35.9 Å². The molecule has 0 radical (unpaired) electrons. The van der Waals surface area contributed by atoms with Gasteiger partial charge in [-0.25, -0.2) is 0 Å². The van der Waals surface area contributed by atoms with E-state index in [-0.39, 0.29) is 13.2 Å². The minimum Gasteiger partial charge on any atom is -0.460 e. The Morgan fingerprint density at radius 1 is 1.35 bits per heavy atom. The SMILES string of the molecule is COC1(OC)C(N)OCC1C(=O)OCc1ccccc1. The van der Waals surface area contributed by atoms with E-state index in [0.717, 1.165) is 5.56 Å².